The van der Waals surface area contributed by atoms with Crippen LogP contribution in [0, 0.1) is 5.41 Å². The van der Waals surface area contributed by atoms with Gasteiger partial charge in [-0.15, -0.1) is 0 Å². The Morgan fingerprint density at radius 2 is 1.84 bits per heavy atom. The fourth-order valence-electron chi connectivity index (χ4n) is 5.03. The zero-order valence-corrected chi connectivity index (χ0v) is 21.1. The molecule has 0 spiro atoms. The van der Waals surface area contributed by atoms with Gasteiger partial charge >= 0.3 is 5.97 Å². The van der Waals surface area contributed by atoms with Crippen LogP contribution < -0.4 is 10.5 Å². The Morgan fingerprint density at radius 1 is 1.08 bits per heavy atom. The van der Waals surface area contributed by atoms with Crippen LogP contribution in [-0.2, 0) is 29.1 Å². The Kier molecular flexibility index (Phi) is 5.96. The lowest BCUT2D eigenvalue weighted by Gasteiger charge is -2.37. The Morgan fingerprint density at radius 3 is 2.61 bits per heavy atom. The van der Waals surface area contributed by atoms with Gasteiger partial charge in [-0.05, 0) is 46.8 Å². The molecular formula is C30H28N4O4. The molecule has 0 bridgehead atoms. The van der Waals surface area contributed by atoms with Gasteiger partial charge in [0.2, 0.25) is 0 Å². The first-order chi connectivity index (χ1) is 18.4. The maximum absolute atomic E-state index is 11.3. The molecule has 3 aromatic carbocycles. The number of benzene rings is 3. The van der Waals surface area contributed by atoms with Gasteiger partial charge in [0.15, 0.2) is 0 Å². The van der Waals surface area contributed by atoms with Crippen molar-refractivity contribution in [1.82, 2.24) is 14.8 Å². The fourth-order valence-corrected chi connectivity index (χ4v) is 5.03. The van der Waals surface area contributed by atoms with Crippen molar-refractivity contribution in [3.8, 4) is 16.9 Å². The molecule has 192 valence electrons. The summed E-state index contributed by atoms with van der Waals surface area (Å²) in [6.07, 6.45) is 1.61. The first-order valence-electron chi connectivity index (χ1n) is 12.5. The van der Waals surface area contributed by atoms with Crippen LogP contribution in [0.3, 0.4) is 0 Å². The summed E-state index contributed by atoms with van der Waals surface area (Å²) in [4.78, 5) is 15.6. The number of nitrogens with zero attached hydrogens (tertiary/aromatic N) is 3. The molecule has 38 heavy (non-hydrogen) atoms. The molecule has 0 saturated carbocycles. The number of carboxylic acids is 1. The van der Waals surface area contributed by atoms with E-state index < -0.39 is 5.97 Å². The van der Waals surface area contributed by atoms with Gasteiger partial charge in [-0.3, -0.25) is 9.48 Å². The van der Waals surface area contributed by atoms with Crippen molar-refractivity contribution >= 4 is 33.5 Å². The topological polar surface area (TPSA) is 112 Å². The average Bonchev–Trinajstić information content (AvgIpc) is 3.23. The number of carbonyl (C=O) groups is 1. The molecule has 1 aliphatic rings. The summed E-state index contributed by atoms with van der Waals surface area (Å²) in [5, 5.41) is 17.2. The van der Waals surface area contributed by atoms with Crippen molar-refractivity contribution in [2.75, 3.05) is 18.9 Å². The second kappa shape index (κ2) is 9.46. The van der Waals surface area contributed by atoms with Crippen LogP contribution in [-0.4, -0.2) is 39.1 Å². The van der Waals surface area contributed by atoms with Crippen LogP contribution in [0.25, 0.3) is 32.8 Å². The maximum atomic E-state index is 11.3. The second-order valence-electron chi connectivity index (χ2n) is 10.2. The predicted octanol–water partition coefficient (Wildman–Crippen LogP) is 5.08. The lowest BCUT2D eigenvalue weighted by atomic mass is 9.89. The molecule has 3 heterocycles. The molecule has 0 aliphatic carbocycles. The summed E-state index contributed by atoms with van der Waals surface area (Å²) in [6.45, 7) is 4.55. The highest BCUT2D eigenvalue weighted by Crippen LogP contribution is 2.34. The lowest BCUT2D eigenvalue weighted by Crippen LogP contribution is -2.43. The van der Waals surface area contributed by atoms with E-state index in [0.717, 1.165) is 45.0 Å². The van der Waals surface area contributed by atoms with Gasteiger partial charge in [0.1, 0.15) is 23.9 Å². The molecule has 5 aromatic rings. The van der Waals surface area contributed by atoms with E-state index in [9.17, 15) is 9.90 Å². The van der Waals surface area contributed by atoms with Gasteiger partial charge in [-0.25, -0.2) is 4.98 Å². The summed E-state index contributed by atoms with van der Waals surface area (Å²) in [5.41, 5.74) is 10.7. The molecule has 3 N–H and O–H groups in total. The Balaban J connectivity index is 1.39. The molecule has 1 fully saturated rings. The minimum atomic E-state index is -0.900. The average molecular weight is 509 g/mol. The molecule has 8 heteroatoms. The van der Waals surface area contributed by atoms with Crippen LogP contribution in [0.1, 0.15) is 18.2 Å². The van der Waals surface area contributed by atoms with Gasteiger partial charge in [-0.2, -0.15) is 5.10 Å². The van der Waals surface area contributed by atoms with Gasteiger partial charge < -0.3 is 20.3 Å². The maximum Gasteiger partial charge on any atom is 0.307 e. The van der Waals surface area contributed by atoms with Crippen LogP contribution in [0.2, 0.25) is 0 Å². The third-order valence-corrected chi connectivity index (χ3v) is 7.07. The third-order valence-electron chi connectivity index (χ3n) is 7.07. The highest BCUT2D eigenvalue weighted by molar-refractivity contribution is 5.95. The zero-order chi connectivity index (χ0) is 26.3. The van der Waals surface area contributed by atoms with Crippen molar-refractivity contribution in [3.05, 3.63) is 84.2 Å². The fraction of sp³-hybridized carbons (Fsp3) is 0.233. The molecule has 2 aromatic heterocycles. The van der Waals surface area contributed by atoms with Gasteiger partial charge in [0.05, 0.1) is 31.7 Å². The Hall–Kier alpha value is -4.43. The summed E-state index contributed by atoms with van der Waals surface area (Å²) in [7, 11) is 0. The number of anilines is 1. The molecular weight excluding hydrogens is 480 g/mol. The molecule has 0 atom stereocenters. The van der Waals surface area contributed by atoms with E-state index in [1.165, 1.54) is 0 Å². The number of nitrogens with two attached hydrogens (primary N) is 1. The molecule has 0 unspecified atom stereocenters. The normalized spacial score (nSPS) is 14.4. The van der Waals surface area contributed by atoms with Crippen molar-refractivity contribution < 1.29 is 19.4 Å². The zero-order valence-electron chi connectivity index (χ0n) is 21.1. The monoisotopic (exact) mass is 508 g/mol. The first-order valence-corrected chi connectivity index (χ1v) is 12.5. The minimum absolute atomic E-state index is 0.0344. The number of carboxylic acid groups (broad SMARTS) is 1. The molecule has 6 rings (SSSR count). The molecule has 0 radical (unpaired) electrons. The minimum Gasteiger partial charge on any atom is -0.487 e. The van der Waals surface area contributed by atoms with Crippen molar-refractivity contribution in [2.24, 2.45) is 5.41 Å². The van der Waals surface area contributed by atoms with Crippen molar-refractivity contribution in [1.29, 1.82) is 0 Å². The SMILES string of the molecule is CC1(Cn2nc(COc3ccccc3CC(=O)O)c3cc(-c4ccc5ccnc(N)c5c4)ccc32)COC1. The van der Waals surface area contributed by atoms with E-state index >= 15 is 0 Å². The van der Waals surface area contributed by atoms with Crippen LogP contribution >= 0.6 is 0 Å². The number of rotatable bonds is 8. The number of aromatic nitrogens is 3. The standard InChI is InChI=1S/C30H28N4O4/c1-30(17-37-18-30)16-34-26-9-8-21(20-7-6-19-10-11-32-29(31)23(19)12-20)13-24(26)25(33-34)15-38-27-5-3-2-4-22(27)14-28(35)36/h2-13H,14-18H2,1H3,(H2,31,32)(H,35,36). The molecule has 0 amide bonds. The second-order valence-corrected chi connectivity index (χ2v) is 10.2. The molecule has 8 nitrogen and oxygen atoms in total. The number of para-hydroxylation sites is 1. The van der Waals surface area contributed by atoms with Gasteiger partial charge in [0, 0.05) is 27.9 Å². The quantitative estimate of drug-likeness (QED) is 0.301. The van der Waals surface area contributed by atoms with Crippen LogP contribution in [0.4, 0.5) is 5.82 Å². The first kappa shape index (κ1) is 23.9. The Bertz CT molecular complexity index is 1670. The summed E-state index contributed by atoms with van der Waals surface area (Å²) < 4.78 is 13.7. The number of hydrogen-bond acceptors (Lipinski definition) is 6. The highest BCUT2D eigenvalue weighted by atomic mass is 16.5. The van der Waals surface area contributed by atoms with E-state index in [1.54, 1.807) is 18.3 Å². The summed E-state index contributed by atoms with van der Waals surface area (Å²) in [5.74, 6) is 0.150. The van der Waals surface area contributed by atoms with E-state index in [4.69, 9.17) is 20.3 Å². The molecule has 1 saturated heterocycles. The third kappa shape index (κ3) is 4.54. The van der Waals surface area contributed by atoms with E-state index in [1.807, 2.05) is 22.9 Å². The smallest absolute Gasteiger partial charge is 0.307 e. The van der Waals surface area contributed by atoms with E-state index in [-0.39, 0.29) is 18.4 Å². The lowest BCUT2D eigenvalue weighted by molar-refractivity contribution is -0.136. The number of ether oxygens (including phenoxy) is 2. The van der Waals surface area contributed by atoms with Crippen LogP contribution in [0.5, 0.6) is 5.75 Å². The summed E-state index contributed by atoms with van der Waals surface area (Å²) >= 11 is 0. The van der Waals surface area contributed by atoms with Crippen LogP contribution in [0.15, 0.2) is 72.9 Å². The van der Waals surface area contributed by atoms with Gasteiger partial charge in [0.25, 0.3) is 0 Å². The Labute approximate surface area is 219 Å². The number of pyridine rings is 1. The van der Waals surface area contributed by atoms with E-state index in [0.29, 0.717) is 30.3 Å². The summed E-state index contributed by atoms with van der Waals surface area (Å²) in [6, 6.07) is 21.7. The highest BCUT2D eigenvalue weighted by Gasteiger charge is 2.34. The number of hydrogen-bond donors (Lipinski definition) is 2. The number of aliphatic carboxylic acids is 1. The largest absolute Gasteiger partial charge is 0.487 e. The predicted molar refractivity (Wildman–Crippen MR) is 146 cm³/mol. The van der Waals surface area contributed by atoms with Crippen molar-refractivity contribution in [3.63, 3.8) is 0 Å². The van der Waals surface area contributed by atoms with Gasteiger partial charge in [-0.1, -0.05) is 43.3 Å². The number of fused-ring (bicyclic) bond motifs is 2. The van der Waals surface area contributed by atoms with Crippen molar-refractivity contribution in [2.45, 2.75) is 26.5 Å². The molecule has 1 aliphatic heterocycles. The number of nitrogen functional groups attached to an aromatic ring is 1. The van der Waals surface area contributed by atoms with E-state index in [2.05, 4.69) is 48.3 Å².